The molecule has 2 aliphatic heterocycles. The number of urea groups is 1. The molecular weight excluding hydrogens is 482 g/mol. The predicted octanol–water partition coefficient (Wildman–Crippen LogP) is 2.28. The highest BCUT2D eigenvalue weighted by atomic mass is 16.6. The second-order valence-corrected chi connectivity index (χ2v) is 9.10. The minimum absolute atomic E-state index is 0.129. The van der Waals surface area contributed by atoms with E-state index in [1.807, 2.05) is 0 Å². The van der Waals surface area contributed by atoms with Gasteiger partial charge in [-0.05, 0) is 36.8 Å². The van der Waals surface area contributed by atoms with Gasteiger partial charge in [0.05, 0.1) is 13.7 Å². The Labute approximate surface area is 211 Å². The SMILES string of the molecule is COc1ccc2c(c1)C(=O)N(C[C@@]1(c3cc4cnccc4o3)NC(=O)N(C(C)OC(=O)N(C)C)C1=O)C2. The van der Waals surface area contributed by atoms with Crippen LogP contribution in [0.1, 0.15) is 28.6 Å². The van der Waals surface area contributed by atoms with Gasteiger partial charge in [-0.25, -0.2) is 14.5 Å². The van der Waals surface area contributed by atoms with Crippen LogP contribution in [0, 0.1) is 0 Å². The summed E-state index contributed by atoms with van der Waals surface area (Å²) < 4.78 is 16.5. The Bertz CT molecular complexity index is 1400. The molecule has 0 bridgehead atoms. The van der Waals surface area contributed by atoms with Crippen LogP contribution in [-0.4, -0.2) is 77.6 Å². The molecule has 192 valence electrons. The van der Waals surface area contributed by atoms with Crippen molar-refractivity contribution in [1.82, 2.24) is 25.0 Å². The Hall–Kier alpha value is -4.61. The van der Waals surface area contributed by atoms with E-state index in [0.717, 1.165) is 10.5 Å². The van der Waals surface area contributed by atoms with Gasteiger partial charge in [0.15, 0.2) is 11.8 Å². The van der Waals surface area contributed by atoms with E-state index in [4.69, 9.17) is 13.9 Å². The van der Waals surface area contributed by atoms with E-state index in [1.54, 1.807) is 42.7 Å². The maximum atomic E-state index is 14.0. The summed E-state index contributed by atoms with van der Waals surface area (Å²) in [5, 5.41) is 3.34. The fraction of sp³-hybridized carbons (Fsp3) is 0.320. The second kappa shape index (κ2) is 8.80. The van der Waals surface area contributed by atoms with E-state index in [2.05, 4.69) is 10.3 Å². The number of hydrogen-bond donors (Lipinski definition) is 1. The fourth-order valence-electron chi connectivity index (χ4n) is 4.56. The van der Waals surface area contributed by atoms with E-state index in [0.29, 0.717) is 22.3 Å². The number of methoxy groups -OCH3 is 1. The molecule has 4 heterocycles. The summed E-state index contributed by atoms with van der Waals surface area (Å²) in [6.07, 6.45) is 1.17. The van der Waals surface area contributed by atoms with E-state index < -0.39 is 29.8 Å². The quantitative estimate of drug-likeness (QED) is 0.502. The van der Waals surface area contributed by atoms with Gasteiger partial charge in [-0.1, -0.05) is 6.07 Å². The molecule has 37 heavy (non-hydrogen) atoms. The first kappa shape index (κ1) is 24.1. The average Bonchev–Trinajstić information content (AvgIpc) is 3.51. The molecule has 5 amide bonds. The van der Waals surface area contributed by atoms with Crippen LogP contribution in [0.15, 0.2) is 47.1 Å². The molecule has 1 aromatic carbocycles. The number of ether oxygens (including phenoxy) is 2. The van der Waals surface area contributed by atoms with Crippen LogP contribution in [0.5, 0.6) is 5.75 Å². The largest absolute Gasteiger partial charge is 0.497 e. The van der Waals surface area contributed by atoms with Gasteiger partial charge in [-0.2, -0.15) is 0 Å². The van der Waals surface area contributed by atoms with Gasteiger partial charge >= 0.3 is 12.1 Å². The van der Waals surface area contributed by atoms with E-state index in [1.165, 1.54) is 37.9 Å². The van der Waals surface area contributed by atoms with Crippen LogP contribution in [0.25, 0.3) is 11.0 Å². The molecule has 1 saturated heterocycles. The number of nitrogens with zero attached hydrogens (tertiary/aromatic N) is 4. The normalized spacial score (nSPS) is 19.7. The fourth-order valence-corrected chi connectivity index (χ4v) is 4.56. The van der Waals surface area contributed by atoms with Crippen LogP contribution < -0.4 is 10.1 Å². The zero-order chi connectivity index (χ0) is 26.5. The number of nitrogens with one attached hydrogen (secondary N) is 1. The smallest absolute Gasteiger partial charge is 0.411 e. The molecule has 0 aliphatic carbocycles. The lowest BCUT2D eigenvalue weighted by Gasteiger charge is -2.30. The van der Waals surface area contributed by atoms with Gasteiger partial charge in [0.2, 0.25) is 0 Å². The number of carbonyl (C=O) groups is 4. The lowest BCUT2D eigenvalue weighted by Crippen LogP contribution is -2.53. The molecule has 0 saturated carbocycles. The van der Waals surface area contributed by atoms with Crippen LogP contribution in [0.4, 0.5) is 9.59 Å². The van der Waals surface area contributed by atoms with Crippen molar-refractivity contribution in [3.8, 4) is 5.75 Å². The third-order valence-corrected chi connectivity index (χ3v) is 6.48. The van der Waals surface area contributed by atoms with Crippen LogP contribution in [0.3, 0.4) is 0 Å². The van der Waals surface area contributed by atoms with Crippen LogP contribution in [0.2, 0.25) is 0 Å². The van der Waals surface area contributed by atoms with E-state index >= 15 is 0 Å². The standard InChI is InChI=1S/C25H25N5O7/c1-14(36-24(34)28(2)3)30-22(32)25(27-23(30)33,20-9-16-11-26-8-7-19(16)37-20)13-29-12-15-5-6-17(35-4)10-18(15)21(29)31/h5-11,14H,12-13H2,1-4H3,(H,27,33)/t14?,25-/m0/s1. The number of rotatable bonds is 6. The Morgan fingerprint density at radius 1 is 1.24 bits per heavy atom. The first-order chi connectivity index (χ1) is 17.6. The number of imide groups is 1. The van der Waals surface area contributed by atoms with Crippen LogP contribution >= 0.6 is 0 Å². The minimum Gasteiger partial charge on any atom is -0.497 e. The summed E-state index contributed by atoms with van der Waals surface area (Å²) >= 11 is 0. The number of furan rings is 1. The van der Waals surface area contributed by atoms with Crippen molar-refractivity contribution in [3.63, 3.8) is 0 Å². The second-order valence-electron chi connectivity index (χ2n) is 9.10. The van der Waals surface area contributed by atoms with Gasteiger partial charge in [-0.3, -0.25) is 14.6 Å². The van der Waals surface area contributed by atoms with E-state index in [-0.39, 0.29) is 24.8 Å². The Morgan fingerprint density at radius 3 is 2.73 bits per heavy atom. The summed E-state index contributed by atoms with van der Waals surface area (Å²) in [5.74, 6) is -0.381. The van der Waals surface area contributed by atoms with Crippen molar-refractivity contribution in [3.05, 3.63) is 59.6 Å². The first-order valence-corrected chi connectivity index (χ1v) is 11.5. The lowest BCUT2D eigenvalue weighted by atomic mass is 9.94. The third kappa shape index (κ3) is 3.90. The predicted molar refractivity (Wildman–Crippen MR) is 128 cm³/mol. The molecule has 0 spiro atoms. The Balaban J connectivity index is 1.54. The summed E-state index contributed by atoms with van der Waals surface area (Å²) in [4.78, 5) is 60.1. The van der Waals surface area contributed by atoms with Gasteiger partial charge in [-0.15, -0.1) is 0 Å². The number of pyridine rings is 1. The molecular formula is C25H25N5O7. The van der Waals surface area contributed by atoms with Crippen molar-refractivity contribution in [1.29, 1.82) is 0 Å². The van der Waals surface area contributed by atoms with Crippen molar-refractivity contribution < 1.29 is 33.1 Å². The van der Waals surface area contributed by atoms with Crippen LogP contribution in [-0.2, 0) is 21.6 Å². The monoisotopic (exact) mass is 507 g/mol. The summed E-state index contributed by atoms with van der Waals surface area (Å²) in [7, 11) is 4.48. The molecule has 2 aliphatic rings. The Kier molecular flexibility index (Phi) is 5.73. The third-order valence-electron chi connectivity index (χ3n) is 6.48. The minimum atomic E-state index is -1.77. The zero-order valence-electron chi connectivity index (χ0n) is 20.7. The maximum absolute atomic E-state index is 14.0. The molecule has 3 aromatic rings. The summed E-state index contributed by atoms with van der Waals surface area (Å²) in [6.45, 7) is 1.42. The number of aromatic nitrogens is 1. The first-order valence-electron chi connectivity index (χ1n) is 11.5. The van der Waals surface area contributed by atoms with Gasteiger partial charge in [0.25, 0.3) is 11.8 Å². The van der Waals surface area contributed by atoms with Crippen molar-refractivity contribution in [2.75, 3.05) is 27.7 Å². The molecule has 1 fully saturated rings. The number of carbonyl (C=O) groups excluding carboxylic acids is 4. The Morgan fingerprint density at radius 2 is 2.03 bits per heavy atom. The van der Waals surface area contributed by atoms with Gasteiger partial charge in [0, 0.05) is 44.0 Å². The molecule has 0 radical (unpaired) electrons. The zero-order valence-corrected chi connectivity index (χ0v) is 20.7. The highest BCUT2D eigenvalue weighted by Gasteiger charge is 2.58. The molecule has 2 atom stereocenters. The van der Waals surface area contributed by atoms with Gasteiger partial charge in [0.1, 0.15) is 17.1 Å². The molecule has 5 rings (SSSR count). The highest BCUT2D eigenvalue weighted by molar-refractivity contribution is 6.08. The molecule has 12 heteroatoms. The average molecular weight is 508 g/mol. The summed E-state index contributed by atoms with van der Waals surface area (Å²) in [5.41, 5.74) is -0.101. The molecule has 12 nitrogen and oxygen atoms in total. The molecule has 1 unspecified atom stereocenters. The van der Waals surface area contributed by atoms with Crippen molar-refractivity contribution in [2.45, 2.75) is 25.2 Å². The lowest BCUT2D eigenvalue weighted by molar-refractivity contribution is -0.139. The van der Waals surface area contributed by atoms with Crippen molar-refractivity contribution >= 4 is 34.9 Å². The molecule has 1 N–H and O–H groups in total. The number of fused-ring (bicyclic) bond motifs is 2. The number of benzene rings is 1. The van der Waals surface area contributed by atoms with Gasteiger partial charge < -0.3 is 29.0 Å². The van der Waals surface area contributed by atoms with E-state index in [9.17, 15) is 19.2 Å². The van der Waals surface area contributed by atoms with Crippen molar-refractivity contribution in [2.24, 2.45) is 0 Å². The number of hydrogen-bond acceptors (Lipinski definition) is 8. The summed E-state index contributed by atoms with van der Waals surface area (Å²) in [6, 6.07) is 7.64. The number of amides is 5. The maximum Gasteiger partial charge on any atom is 0.411 e. The molecule has 2 aromatic heterocycles. The topological polar surface area (TPSA) is 135 Å². The highest BCUT2D eigenvalue weighted by Crippen LogP contribution is 2.37.